The highest BCUT2D eigenvalue weighted by Gasteiger charge is 2.13. The van der Waals surface area contributed by atoms with E-state index in [1.54, 1.807) is 29.5 Å². The molecule has 2 aromatic rings. The monoisotopic (exact) mass is 329 g/mol. The van der Waals surface area contributed by atoms with E-state index in [-0.39, 0.29) is 5.91 Å². The fourth-order valence-electron chi connectivity index (χ4n) is 1.93. The first-order valence-electron chi connectivity index (χ1n) is 6.57. The molecule has 0 fully saturated rings. The minimum Gasteiger partial charge on any atom is -0.352 e. The van der Waals surface area contributed by atoms with Gasteiger partial charge in [-0.1, -0.05) is 23.2 Å². The van der Waals surface area contributed by atoms with Gasteiger partial charge in [-0.25, -0.2) is 0 Å². The highest BCUT2D eigenvalue weighted by molar-refractivity contribution is 6.41. The van der Waals surface area contributed by atoms with E-state index in [9.17, 15) is 4.79 Å². The maximum atomic E-state index is 12.0. The van der Waals surface area contributed by atoms with Gasteiger partial charge < -0.3 is 5.32 Å². The number of rotatable bonds is 5. The summed E-state index contributed by atoms with van der Waals surface area (Å²) in [6.45, 7) is 4.78. The van der Waals surface area contributed by atoms with Crippen LogP contribution in [0.3, 0.4) is 0 Å². The van der Waals surface area contributed by atoms with E-state index in [4.69, 9.17) is 23.2 Å². The van der Waals surface area contributed by atoms with Gasteiger partial charge in [-0.05, 0) is 20.3 Å². The minimum atomic E-state index is -0.124. The van der Waals surface area contributed by atoms with Crippen LogP contribution in [0.15, 0.2) is 6.20 Å². The van der Waals surface area contributed by atoms with Crippen LogP contribution in [-0.4, -0.2) is 32.0 Å². The lowest BCUT2D eigenvalue weighted by atomic mass is 10.2. The lowest BCUT2D eigenvalue weighted by Gasteiger charge is -2.06. The van der Waals surface area contributed by atoms with Crippen molar-refractivity contribution in [2.45, 2.75) is 26.8 Å². The highest BCUT2D eigenvalue weighted by atomic mass is 35.5. The molecule has 21 heavy (non-hydrogen) atoms. The summed E-state index contributed by atoms with van der Waals surface area (Å²) in [6.07, 6.45) is 2.28. The van der Waals surface area contributed by atoms with Gasteiger partial charge in [-0.3, -0.25) is 14.2 Å². The number of nitrogens with one attached hydrogen (secondary N) is 1. The predicted molar refractivity (Wildman–Crippen MR) is 81.9 cm³/mol. The molecule has 0 saturated heterocycles. The van der Waals surface area contributed by atoms with Crippen molar-refractivity contribution < 1.29 is 4.79 Å². The summed E-state index contributed by atoms with van der Waals surface area (Å²) in [7, 11) is 1.80. The van der Waals surface area contributed by atoms with Crippen molar-refractivity contribution in [1.29, 1.82) is 0 Å². The molecule has 0 bridgehead atoms. The van der Waals surface area contributed by atoms with Crippen LogP contribution in [0.2, 0.25) is 10.2 Å². The van der Waals surface area contributed by atoms with Gasteiger partial charge in [-0.2, -0.15) is 10.2 Å². The molecule has 0 aromatic carbocycles. The molecule has 1 N–H and O–H groups in total. The Bertz CT molecular complexity index is 662. The molecule has 0 radical (unpaired) electrons. The Morgan fingerprint density at radius 3 is 2.62 bits per heavy atom. The summed E-state index contributed by atoms with van der Waals surface area (Å²) in [5, 5.41) is 12.0. The topological polar surface area (TPSA) is 64.7 Å². The van der Waals surface area contributed by atoms with Crippen molar-refractivity contribution in [3.05, 3.63) is 33.3 Å². The molecule has 2 aromatic heterocycles. The van der Waals surface area contributed by atoms with Crippen molar-refractivity contribution in [2.24, 2.45) is 7.05 Å². The molecule has 0 unspecified atom stereocenters. The van der Waals surface area contributed by atoms with E-state index in [1.165, 1.54) is 0 Å². The maximum absolute atomic E-state index is 12.0. The fraction of sp³-hybridized carbons (Fsp3) is 0.462. The lowest BCUT2D eigenvalue weighted by molar-refractivity contribution is 0.0952. The van der Waals surface area contributed by atoms with E-state index in [2.05, 4.69) is 15.5 Å². The Kier molecular flexibility index (Phi) is 4.90. The van der Waals surface area contributed by atoms with E-state index in [0.717, 1.165) is 5.69 Å². The molecule has 2 rings (SSSR count). The zero-order valence-electron chi connectivity index (χ0n) is 12.2. The molecule has 0 atom stereocenters. The Labute approximate surface area is 133 Å². The van der Waals surface area contributed by atoms with Crippen LogP contribution in [-0.2, 0) is 13.6 Å². The third-order valence-electron chi connectivity index (χ3n) is 3.31. The second-order valence-electron chi connectivity index (χ2n) is 4.79. The number of halogens is 2. The fourth-order valence-corrected chi connectivity index (χ4v) is 2.32. The van der Waals surface area contributed by atoms with Gasteiger partial charge in [0, 0.05) is 25.8 Å². The first-order valence-corrected chi connectivity index (χ1v) is 7.32. The largest absolute Gasteiger partial charge is 0.352 e. The highest BCUT2D eigenvalue weighted by Crippen LogP contribution is 2.24. The standard InChI is InChI=1S/C13H17Cl2N5O/c1-8-11(14)12(15)20(18-8)6-4-5-16-13(21)10-7-17-19(3)9(10)2/h7H,4-6H2,1-3H3,(H,16,21). The van der Waals surface area contributed by atoms with Gasteiger partial charge in [-0.15, -0.1) is 0 Å². The van der Waals surface area contributed by atoms with Crippen LogP contribution in [0.1, 0.15) is 28.2 Å². The first kappa shape index (κ1) is 15.9. The van der Waals surface area contributed by atoms with E-state index in [0.29, 0.717) is 40.9 Å². The quantitative estimate of drug-likeness (QED) is 0.856. The average molecular weight is 330 g/mol. The predicted octanol–water partition coefficient (Wildman–Crippen LogP) is 2.36. The van der Waals surface area contributed by atoms with Crippen LogP contribution in [0.5, 0.6) is 0 Å². The van der Waals surface area contributed by atoms with E-state index >= 15 is 0 Å². The van der Waals surface area contributed by atoms with Crippen molar-refractivity contribution in [3.8, 4) is 0 Å². The molecule has 0 aliphatic heterocycles. The molecular formula is C13H17Cl2N5O. The summed E-state index contributed by atoms with van der Waals surface area (Å²) in [5.74, 6) is -0.124. The molecule has 6 nitrogen and oxygen atoms in total. The Hall–Kier alpha value is -1.53. The first-order chi connectivity index (χ1) is 9.91. The molecule has 0 spiro atoms. The third-order valence-corrected chi connectivity index (χ3v) is 4.24. The SMILES string of the molecule is Cc1nn(CCCNC(=O)c2cnn(C)c2C)c(Cl)c1Cl. The average Bonchev–Trinajstić information content (AvgIpc) is 2.91. The van der Waals surface area contributed by atoms with Crippen LogP contribution < -0.4 is 5.32 Å². The number of amides is 1. The summed E-state index contributed by atoms with van der Waals surface area (Å²) < 4.78 is 3.31. The van der Waals surface area contributed by atoms with Crippen molar-refractivity contribution in [2.75, 3.05) is 6.54 Å². The van der Waals surface area contributed by atoms with Gasteiger partial charge in [0.2, 0.25) is 0 Å². The summed E-state index contributed by atoms with van der Waals surface area (Å²) in [5.41, 5.74) is 2.13. The van der Waals surface area contributed by atoms with Crippen molar-refractivity contribution in [1.82, 2.24) is 24.9 Å². The Morgan fingerprint density at radius 1 is 1.38 bits per heavy atom. The van der Waals surface area contributed by atoms with Crippen LogP contribution in [0.4, 0.5) is 0 Å². The van der Waals surface area contributed by atoms with Crippen LogP contribution >= 0.6 is 23.2 Å². The van der Waals surface area contributed by atoms with E-state index in [1.807, 2.05) is 6.92 Å². The molecule has 0 saturated carbocycles. The summed E-state index contributed by atoms with van der Waals surface area (Å²) in [4.78, 5) is 12.0. The molecular weight excluding hydrogens is 313 g/mol. The molecule has 8 heteroatoms. The minimum absolute atomic E-state index is 0.124. The van der Waals surface area contributed by atoms with Crippen LogP contribution in [0, 0.1) is 13.8 Å². The van der Waals surface area contributed by atoms with Gasteiger partial charge in [0.1, 0.15) is 10.2 Å². The van der Waals surface area contributed by atoms with Crippen molar-refractivity contribution in [3.63, 3.8) is 0 Å². The Morgan fingerprint density at radius 2 is 2.10 bits per heavy atom. The zero-order valence-corrected chi connectivity index (χ0v) is 13.7. The zero-order chi connectivity index (χ0) is 15.6. The smallest absolute Gasteiger partial charge is 0.254 e. The maximum Gasteiger partial charge on any atom is 0.254 e. The molecule has 0 aliphatic carbocycles. The molecule has 1 amide bonds. The lowest BCUT2D eigenvalue weighted by Crippen LogP contribution is -2.25. The van der Waals surface area contributed by atoms with Crippen molar-refractivity contribution >= 4 is 29.1 Å². The second kappa shape index (κ2) is 6.49. The number of aromatic nitrogens is 4. The summed E-state index contributed by atoms with van der Waals surface area (Å²) >= 11 is 12.0. The van der Waals surface area contributed by atoms with Gasteiger partial charge in [0.05, 0.1) is 17.5 Å². The number of hydrogen-bond acceptors (Lipinski definition) is 3. The molecule has 0 aliphatic rings. The Balaban J connectivity index is 1.83. The van der Waals surface area contributed by atoms with Gasteiger partial charge in [0.15, 0.2) is 0 Å². The van der Waals surface area contributed by atoms with Gasteiger partial charge >= 0.3 is 0 Å². The van der Waals surface area contributed by atoms with Crippen LogP contribution in [0.25, 0.3) is 0 Å². The second-order valence-corrected chi connectivity index (χ2v) is 5.53. The number of carbonyl (C=O) groups is 1. The molecule has 2 heterocycles. The number of nitrogens with zero attached hydrogens (tertiary/aromatic N) is 4. The normalized spacial score (nSPS) is 10.9. The third kappa shape index (κ3) is 3.39. The van der Waals surface area contributed by atoms with E-state index < -0.39 is 0 Å². The molecule has 114 valence electrons. The number of carbonyl (C=O) groups excluding carboxylic acids is 1. The summed E-state index contributed by atoms with van der Waals surface area (Å²) in [6, 6.07) is 0. The number of hydrogen-bond donors (Lipinski definition) is 1. The number of aryl methyl sites for hydroxylation is 3. The van der Waals surface area contributed by atoms with Gasteiger partial charge in [0.25, 0.3) is 5.91 Å².